The van der Waals surface area contributed by atoms with Crippen LogP contribution in [-0.4, -0.2) is 63.8 Å². The largest absolute Gasteiger partial charge is 0.381 e. The van der Waals surface area contributed by atoms with E-state index >= 15 is 0 Å². The summed E-state index contributed by atoms with van der Waals surface area (Å²) in [5.41, 5.74) is 5.19. The Hall–Kier alpha value is -3.47. The fourth-order valence-electron chi connectivity index (χ4n) is 6.66. The number of urea groups is 1. The zero-order valence-corrected chi connectivity index (χ0v) is 23.4. The van der Waals surface area contributed by atoms with Gasteiger partial charge in [0.15, 0.2) is 5.82 Å². The molecule has 1 aromatic carbocycles. The molecule has 2 aliphatic heterocycles. The lowest BCUT2D eigenvalue weighted by atomic mass is 9.92. The lowest BCUT2D eigenvalue weighted by Crippen LogP contribution is -2.42. The van der Waals surface area contributed by atoms with E-state index < -0.39 is 6.43 Å². The van der Waals surface area contributed by atoms with Crippen LogP contribution in [0.1, 0.15) is 67.0 Å². The summed E-state index contributed by atoms with van der Waals surface area (Å²) in [5, 5.41) is 12.2. The van der Waals surface area contributed by atoms with Gasteiger partial charge in [-0.2, -0.15) is 10.2 Å². The Kier molecular flexibility index (Phi) is 7.24. The Balaban J connectivity index is 1.44. The van der Waals surface area contributed by atoms with Gasteiger partial charge >= 0.3 is 6.03 Å². The number of fused-ring (bicyclic) bond motifs is 2. The Morgan fingerprint density at radius 2 is 1.95 bits per heavy atom. The monoisotopic (exact) mass is 553 g/mol. The third-order valence-corrected chi connectivity index (χ3v) is 8.76. The molecule has 3 aliphatic rings. The second kappa shape index (κ2) is 10.8. The molecule has 0 saturated heterocycles. The molecule has 2 amide bonds. The van der Waals surface area contributed by atoms with Crippen LogP contribution in [0.5, 0.6) is 0 Å². The van der Waals surface area contributed by atoms with Crippen LogP contribution in [-0.2, 0) is 31.2 Å². The number of carbonyl (C=O) groups excluding carboxylic acids is 1. The number of hydrogen-bond donors (Lipinski definition) is 1. The Labute approximate surface area is 233 Å². The summed E-state index contributed by atoms with van der Waals surface area (Å²) in [6, 6.07) is 3.70. The zero-order chi connectivity index (χ0) is 28.0. The minimum atomic E-state index is -2.63. The van der Waals surface area contributed by atoms with Crippen molar-refractivity contribution in [3.8, 4) is 11.1 Å². The van der Waals surface area contributed by atoms with Crippen LogP contribution in [0, 0.1) is 0 Å². The summed E-state index contributed by atoms with van der Waals surface area (Å²) in [6.45, 7) is 1.74. The van der Waals surface area contributed by atoms with Crippen molar-refractivity contribution in [1.29, 1.82) is 0 Å². The highest BCUT2D eigenvalue weighted by Gasteiger charge is 2.35. The van der Waals surface area contributed by atoms with E-state index in [-0.39, 0.29) is 23.7 Å². The van der Waals surface area contributed by atoms with Crippen LogP contribution < -0.4 is 10.2 Å². The lowest BCUT2D eigenvalue weighted by Gasteiger charge is -2.33. The van der Waals surface area contributed by atoms with Gasteiger partial charge in [-0.05, 0) is 61.8 Å². The number of benzene rings is 1. The molecule has 40 heavy (non-hydrogen) atoms. The van der Waals surface area contributed by atoms with E-state index in [1.54, 1.807) is 49.2 Å². The van der Waals surface area contributed by atoms with E-state index in [1.165, 1.54) is 0 Å². The minimum Gasteiger partial charge on any atom is -0.381 e. The average Bonchev–Trinajstić information content (AvgIpc) is 3.59. The highest BCUT2D eigenvalue weighted by Crippen LogP contribution is 2.44. The molecule has 0 bridgehead atoms. The van der Waals surface area contributed by atoms with Crippen LogP contribution in [0.2, 0.25) is 0 Å². The Morgan fingerprint density at radius 3 is 2.62 bits per heavy atom. The van der Waals surface area contributed by atoms with Crippen molar-refractivity contribution in [3.63, 3.8) is 0 Å². The average molecular weight is 554 g/mol. The number of aromatic nitrogens is 4. The first-order valence-electron chi connectivity index (χ1n) is 14.2. The standard InChI is InChI=1S/C29H37F2N7O2/c1-32-29(39)36-12-10-25-24(17-36)28(34-38(25)20-6-8-21(40-3)9-7-20)37-11-4-5-18-13-22(19-15-33-35(2)16-19)23(27(30)31)14-26(18)37/h13-16,20-21,27H,4-12,17H2,1-3H3,(H,32,39)/t20-,21-. The number of alkyl halides is 2. The van der Waals surface area contributed by atoms with Gasteiger partial charge in [-0.15, -0.1) is 0 Å². The van der Waals surface area contributed by atoms with Gasteiger partial charge in [-0.1, -0.05) is 0 Å². The van der Waals surface area contributed by atoms with Crippen LogP contribution in [0.3, 0.4) is 0 Å². The molecule has 2 aromatic heterocycles. The van der Waals surface area contributed by atoms with Gasteiger partial charge in [0.2, 0.25) is 0 Å². The van der Waals surface area contributed by atoms with E-state index in [2.05, 4.69) is 20.0 Å². The molecule has 9 nitrogen and oxygen atoms in total. The van der Waals surface area contributed by atoms with Gasteiger partial charge in [0, 0.05) is 75.0 Å². The Morgan fingerprint density at radius 1 is 1.15 bits per heavy atom. The number of methoxy groups -OCH3 is 1. The summed E-state index contributed by atoms with van der Waals surface area (Å²) in [5.74, 6) is 0.785. The smallest absolute Gasteiger partial charge is 0.317 e. The van der Waals surface area contributed by atoms with Crippen LogP contribution in [0.15, 0.2) is 24.5 Å². The predicted molar refractivity (Wildman–Crippen MR) is 148 cm³/mol. The lowest BCUT2D eigenvalue weighted by molar-refractivity contribution is 0.0563. The molecule has 6 rings (SSSR count). The van der Waals surface area contributed by atoms with Gasteiger partial charge in [-0.3, -0.25) is 9.36 Å². The molecule has 1 fully saturated rings. The van der Waals surface area contributed by atoms with Crippen molar-refractivity contribution in [2.24, 2.45) is 7.05 Å². The number of halogens is 2. The molecule has 1 N–H and O–H groups in total. The van der Waals surface area contributed by atoms with Gasteiger partial charge in [-0.25, -0.2) is 13.6 Å². The first kappa shape index (κ1) is 26.7. The first-order chi connectivity index (χ1) is 19.4. The maximum absolute atomic E-state index is 14.5. The number of rotatable bonds is 5. The van der Waals surface area contributed by atoms with Gasteiger partial charge < -0.3 is 19.9 Å². The van der Waals surface area contributed by atoms with E-state index in [1.807, 2.05) is 6.07 Å². The molecular weight excluding hydrogens is 516 g/mol. The Bertz CT molecular complexity index is 1390. The van der Waals surface area contributed by atoms with Crippen molar-refractivity contribution in [2.75, 3.05) is 32.1 Å². The highest BCUT2D eigenvalue weighted by atomic mass is 19.3. The summed E-state index contributed by atoms with van der Waals surface area (Å²) < 4.78 is 38.3. The van der Waals surface area contributed by atoms with E-state index in [9.17, 15) is 13.6 Å². The van der Waals surface area contributed by atoms with Gasteiger partial charge in [0.05, 0.1) is 24.9 Å². The molecule has 0 unspecified atom stereocenters. The number of carbonyl (C=O) groups is 1. The molecular formula is C29H37F2N7O2. The molecule has 0 spiro atoms. The van der Waals surface area contributed by atoms with Crippen molar-refractivity contribution in [1.82, 2.24) is 29.8 Å². The maximum Gasteiger partial charge on any atom is 0.317 e. The summed E-state index contributed by atoms with van der Waals surface area (Å²) >= 11 is 0. The maximum atomic E-state index is 14.5. The summed E-state index contributed by atoms with van der Waals surface area (Å²) in [7, 11) is 5.20. The van der Waals surface area contributed by atoms with Crippen molar-refractivity contribution < 1.29 is 18.3 Å². The second-order valence-electron chi connectivity index (χ2n) is 11.1. The third kappa shape index (κ3) is 4.74. The van der Waals surface area contributed by atoms with Crippen LogP contribution in [0.25, 0.3) is 11.1 Å². The quantitative estimate of drug-likeness (QED) is 0.474. The van der Waals surface area contributed by atoms with Crippen molar-refractivity contribution >= 4 is 17.5 Å². The summed E-state index contributed by atoms with van der Waals surface area (Å²) in [6.07, 6.45) is 7.38. The van der Waals surface area contributed by atoms with E-state index in [0.717, 1.165) is 66.9 Å². The minimum absolute atomic E-state index is 0.00294. The molecule has 11 heteroatoms. The first-order valence-corrected chi connectivity index (χ1v) is 14.2. The number of nitrogens with one attached hydrogen (secondary N) is 1. The van der Waals surface area contributed by atoms with Crippen molar-refractivity contribution in [2.45, 2.75) is 70.1 Å². The number of anilines is 2. The van der Waals surface area contributed by atoms with Gasteiger partial charge in [0.25, 0.3) is 6.43 Å². The predicted octanol–water partition coefficient (Wildman–Crippen LogP) is 5.13. The van der Waals surface area contributed by atoms with Gasteiger partial charge in [0.1, 0.15) is 0 Å². The topological polar surface area (TPSA) is 80.5 Å². The van der Waals surface area contributed by atoms with E-state index in [4.69, 9.17) is 9.84 Å². The second-order valence-corrected chi connectivity index (χ2v) is 11.1. The molecule has 0 radical (unpaired) electrons. The number of hydrogen-bond acceptors (Lipinski definition) is 5. The molecule has 4 heterocycles. The molecule has 3 aromatic rings. The number of amides is 2. The highest BCUT2D eigenvalue weighted by molar-refractivity contribution is 5.78. The molecule has 1 saturated carbocycles. The van der Waals surface area contributed by atoms with Crippen LogP contribution >= 0.6 is 0 Å². The normalized spacial score (nSPS) is 20.9. The molecule has 214 valence electrons. The van der Waals surface area contributed by atoms with Crippen LogP contribution in [0.4, 0.5) is 25.1 Å². The fraction of sp³-hybridized carbons (Fsp3) is 0.552. The molecule has 0 atom stereocenters. The summed E-state index contributed by atoms with van der Waals surface area (Å²) in [4.78, 5) is 16.5. The molecule has 1 aliphatic carbocycles. The third-order valence-electron chi connectivity index (χ3n) is 8.76. The number of aryl methyl sites for hydroxylation is 2. The number of nitrogens with zero attached hydrogens (tertiary/aromatic N) is 6. The number of ether oxygens (including phenoxy) is 1. The zero-order valence-electron chi connectivity index (χ0n) is 23.4. The fourth-order valence-corrected chi connectivity index (χ4v) is 6.66. The SMILES string of the molecule is CNC(=O)N1CCc2c(c(N3CCCc4cc(-c5cnn(C)c5)c(C(F)F)cc43)nn2[C@H]2CC[C@H](OC)CC2)C1. The van der Waals surface area contributed by atoms with Crippen molar-refractivity contribution in [3.05, 3.63) is 46.9 Å². The van der Waals surface area contributed by atoms with E-state index in [0.29, 0.717) is 37.2 Å².